The predicted molar refractivity (Wildman–Crippen MR) is 102 cm³/mol. The highest BCUT2D eigenvalue weighted by molar-refractivity contribution is 6.62. The Balaban J connectivity index is 2.03. The van der Waals surface area contributed by atoms with Gasteiger partial charge in [-0.2, -0.15) is 5.26 Å². The molecule has 6 heteroatoms. The van der Waals surface area contributed by atoms with Gasteiger partial charge < -0.3 is 14.3 Å². The zero-order valence-corrected chi connectivity index (χ0v) is 16.1. The normalized spacial score (nSPS) is 18.0. The van der Waals surface area contributed by atoms with Gasteiger partial charge in [0.1, 0.15) is 11.6 Å². The highest BCUT2D eigenvalue weighted by atomic mass is 16.7. The molecule has 1 aromatic heterocycles. The lowest BCUT2D eigenvalue weighted by Gasteiger charge is -2.32. The molecule has 0 radical (unpaired) electrons. The third kappa shape index (κ3) is 2.98. The van der Waals surface area contributed by atoms with Gasteiger partial charge in [0, 0.05) is 11.3 Å². The summed E-state index contributed by atoms with van der Waals surface area (Å²) in [6, 6.07) is 9.65. The average Bonchev–Trinajstić information content (AvgIpc) is 2.74. The lowest BCUT2D eigenvalue weighted by Crippen LogP contribution is -2.41. The van der Waals surface area contributed by atoms with Gasteiger partial charge in [0.2, 0.25) is 0 Å². The minimum Gasteiger partial charge on any atom is -0.399 e. The van der Waals surface area contributed by atoms with Gasteiger partial charge in [0.25, 0.3) is 5.56 Å². The predicted octanol–water partition coefficient (Wildman–Crippen LogP) is 2.83. The molecule has 0 atom stereocenters. The number of aromatic nitrogens is 1. The van der Waals surface area contributed by atoms with E-state index in [-0.39, 0.29) is 11.1 Å². The monoisotopic (exact) mass is 350 g/mol. The van der Waals surface area contributed by atoms with Gasteiger partial charge in [-0.1, -0.05) is 23.8 Å². The van der Waals surface area contributed by atoms with Gasteiger partial charge >= 0.3 is 7.12 Å². The standard InChI is InChI=1S/C20H23BN2O3/c1-12-9-14(15-10-13(2)23-18(24)16(15)11-22)7-8-17(12)21-25-19(3,4)20(5,6)26-21/h7-10H,1-6H3,(H,23,24). The summed E-state index contributed by atoms with van der Waals surface area (Å²) in [6.07, 6.45) is 0. The lowest BCUT2D eigenvalue weighted by molar-refractivity contribution is 0.00578. The van der Waals surface area contributed by atoms with Gasteiger partial charge in [-0.15, -0.1) is 0 Å². The van der Waals surface area contributed by atoms with E-state index in [0.29, 0.717) is 5.56 Å². The molecule has 0 unspecified atom stereocenters. The van der Waals surface area contributed by atoms with Crippen molar-refractivity contribution in [2.24, 2.45) is 0 Å². The van der Waals surface area contributed by atoms with Crippen LogP contribution in [0.3, 0.4) is 0 Å². The van der Waals surface area contributed by atoms with Crippen molar-refractivity contribution in [3.8, 4) is 17.2 Å². The maximum Gasteiger partial charge on any atom is 0.495 e. The van der Waals surface area contributed by atoms with Gasteiger partial charge in [-0.05, 0) is 58.6 Å². The Bertz CT molecular complexity index is 954. The van der Waals surface area contributed by atoms with E-state index >= 15 is 0 Å². The number of hydrogen-bond acceptors (Lipinski definition) is 4. The van der Waals surface area contributed by atoms with Crippen molar-refractivity contribution >= 4 is 12.6 Å². The van der Waals surface area contributed by atoms with Gasteiger partial charge in [0.05, 0.1) is 11.2 Å². The van der Waals surface area contributed by atoms with Crippen LogP contribution in [0.1, 0.15) is 44.5 Å². The molecule has 1 aliphatic heterocycles. The number of aromatic amines is 1. The molecule has 0 spiro atoms. The summed E-state index contributed by atoms with van der Waals surface area (Å²) in [5.41, 5.74) is 3.08. The molecule has 0 bridgehead atoms. The second kappa shape index (κ2) is 6.12. The van der Waals surface area contributed by atoms with Crippen molar-refractivity contribution < 1.29 is 9.31 Å². The second-order valence-corrected chi connectivity index (χ2v) is 7.84. The van der Waals surface area contributed by atoms with Crippen LogP contribution in [0.4, 0.5) is 0 Å². The summed E-state index contributed by atoms with van der Waals surface area (Å²) in [6.45, 7) is 11.9. The van der Waals surface area contributed by atoms with Crippen molar-refractivity contribution in [1.82, 2.24) is 4.98 Å². The maximum atomic E-state index is 12.1. The second-order valence-electron chi connectivity index (χ2n) is 7.84. The number of rotatable bonds is 2. The summed E-state index contributed by atoms with van der Waals surface area (Å²) < 4.78 is 12.3. The number of H-pyrrole nitrogens is 1. The van der Waals surface area contributed by atoms with E-state index in [9.17, 15) is 10.1 Å². The Labute approximate surface area is 154 Å². The summed E-state index contributed by atoms with van der Waals surface area (Å²) in [7, 11) is -0.439. The summed E-state index contributed by atoms with van der Waals surface area (Å²) in [5.74, 6) is 0. The van der Waals surface area contributed by atoms with E-state index in [2.05, 4.69) is 4.98 Å². The average molecular weight is 350 g/mol. The first-order chi connectivity index (χ1) is 12.1. The molecule has 0 saturated carbocycles. The fraction of sp³-hybridized carbons (Fsp3) is 0.400. The van der Waals surface area contributed by atoms with E-state index in [4.69, 9.17) is 9.31 Å². The Morgan fingerprint density at radius 1 is 1.08 bits per heavy atom. The Hall–Kier alpha value is -2.36. The smallest absolute Gasteiger partial charge is 0.399 e. The zero-order chi connectivity index (χ0) is 19.3. The summed E-state index contributed by atoms with van der Waals surface area (Å²) >= 11 is 0. The number of nitriles is 1. The molecule has 5 nitrogen and oxygen atoms in total. The third-order valence-corrected chi connectivity index (χ3v) is 5.37. The summed E-state index contributed by atoms with van der Waals surface area (Å²) in [4.78, 5) is 14.7. The maximum absolute atomic E-state index is 12.1. The van der Waals surface area contributed by atoms with Gasteiger partial charge in [-0.25, -0.2) is 0 Å². The van der Waals surface area contributed by atoms with Crippen molar-refractivity contribution in [1.29, 1.82) is 5.26 Å². The molecule has 1 aliphatic rings. The number of benzene rings is 1. The van der Waals surface area contributed by atoms with Crippen LogP contribution in [-0.4, -0.2) is 23.3 Å². The summed E-state index contributed by atoms with van der Waals surface area (Å²) in [5, 5.41) is 9.35. The van der Waals surface area contributed by atoms with E-state index in [1.165, 1.54) is 0 Å². The zero-order valence-electron chi connectivity index (χ0n) is 16.1. The Morgan fingerprint density at radius 3 is 2.23 bits per heavy atom. The van der Waals surface area contributed by atoms with Crippen LogP contribution in [0.2, 0.25) is 0 Å². The van der Waals surface area contributed by atoms with Crippen molar-refractivity contribution in [2.75, 3.05) is 0 Å². The van der Waals surface area contributed by atoms with E-state index in [0.717, 1.165) is 22.3 Å². The number of nitrogens with one attached hydrogen (secondary N) is 1. The van der Waals surface area contributed by atoms with Crippen LogP contribution in [0, 0.1) is 25.2 Å². The van der Waals surface area contributed by atoms with Crippen molar-refractivity contribution in [3.63, 3.8) is 0 Å². The first-order valence-corrected chi connectivity index (χ1v) is 8.66. The van der Waals surface area contributed by atoms with E-state index in [1.54, 1.807) is 6.92 Å². The third-order valence-electron chi connectivity index (χ3n) is 5.37. The molecule has 1 fully saturated rings. The van der Waals surface area contributed by atoms with Crippen LogP contribution >= 0.6 is 0 Å². The van der Waals surface area contributed by atoms with Crippen LogP contribution in [0.5, 0.6) is 0 Å². The first kappa shape index (κ1) is 18.4. The highest BCUT2D eigenvalue weighted by Crippen LogP contribution is 2.37. The first-order valence-electron chi connectivity index (χ1n) is 8.66. The van der Waals surface area contributed by atoms with Gasteiger partial charge in [-0.3, -0.25) is 4.79 Å². The largest absolute Gasteiger partial charge is 0.495 e. The topological polar surface area (TPSA) is 75.1 Å². The lowest BCUT2D eigenvalue weighted by atomic mass is 9.75. The minimum absolute atomic E-state index is 0.124. The van der Waals surface area contributed by atoms with Crippen molar-refractivity contribution in [3.05, 3.63) is 51.4 Å². The van der Waals surface area contributed by atoms with Crippen LogP contribution in [0.25, 0.3) is 11.1 Å². The van der Waals surface area contributed by atoms with Crippen molar-refractivity contribution in [2.45, 2.75) is 52.7 Å². The number of pyridine rings is 1. The van der Waals surface area contributed by atoms with Crippen LogP contribution < -0.4 is 11.0 Å². The molecule has 2 heterocycles. The van der Waals surface area contributed by atoms with Gasteiger partial charge in [0.15, 0.2) is 0 Å². The fourth-order valence-corrected chi connectivity index (χ4v) is 3.11. The number of aryl methyl sites for hydroxylation is 2. The van der Waals surface area contributed by atoms with E-state index < -0.39 is 18.3 Å². The Morgan fingerprint density at radius 2 is 1.69 bits per heavy atom. The SMILES string of the molecule is Cc1cc(-c2ccc(B3OC(C)(C)C(C)(C)O3)c(C)c2)c(C#N)c(=O)[nH]1. The highest BCUT2D eigenvalue weighted by Gasteiger charge is 2.52. The minimum atomic E-state index is -0.439. The molecule has 1 N–H and O–H groups in total. The number of hydrogen-bond donors (Lipinski definition) is 1. The van der Waals surface area contributed by atoms with Crippen LogP contribution in [0.15, 0.2) is 29.1 Å². The molecule has 2 aromatic rings. The molecule has 26 heavy (non-hydrogen) atoms. The Kier molecular flexibility index (Phi) is 4.34. The molecule has 0 aliphatic carbocycles. The molecule has 0 amide bonds. The molecule has 1 aromatic carbocycles. The number of nitrogens with zero attached hydrogens (tertiary/aromatic N) is 1. The molecular weight excluding hydrogens is 327 g/mol. The van der Waals surface area contributed by atoms with Crippen LogP contribution in [-0.2, 0) is 9.31 Å². The van der Waals surface area contributed by atoms with E-state index in [1.807, 2.05) is 65.0 Å². The quantitative estimate of drug-likeness (QED) is 0.845. The molecule has 134 valence electrons. The fourth-order valence-electron chi connectivity index (χ4n) is 3.11. The molecular formula is C20H23BN2O3. The molecule has 3 rings (SSSR count). The molecule has 1 saturated heterocycles.